The Bertz CT molecular complexity index is 584. The van der Waals surface area contributed by atoms with Gasteiger partial charge in [-0.1, -0.05) is 0 Å². The minimum Gasteiger partial charge on any atom is -0.443 e. The Kier molecular flexibility index (Phi) is 4.29. The Morgan fingerprint density at radius 2 is 2.05 bits per heavy atom. The summed E-state index contributed by atoms with van der Waals surface area (Å²) in [5, 5.41) is 0. The minimum absolute atomic E-state index is 0.145. The number of amides is 1. The molecule has 1 amide bonds. The summed E-state index contributed by atoms with van der Waals surface area (Å²) in [7, 11) is 0. The molecule has 0 bridgehead atoms. The maximum atomic E-state index is 14.0. The zero-order valence-corrected chi connectivity index (χ0v) is 14.1. The molecule has 0 aliphatic carbocycles. The molecule has 6 heteroatoms. The van der Waals surface area contributed by atoms with Gasteiger partial charge in [0.15, 0.2) is 11.6 Å². The zero-order valence-electron chi connectivity index (χ0n) is 12.5. The maximum Gasteiger partial charge on any atom is 0.415 e. The molecule has 1 aliphatic heterocycles. The Morgan fingerprint density at radius 3 is 2.62 bits per heavy atom. The highest BCUT2D eigenvalue weighted by molar-refractivity contribution is 9.10. The first-order chi connectivity index (χ1) is 9.61. The first-order valence-electron chi connectivity index (χ1n) is 6.80. The number of fused-ring (bicyclic) bond motifs is 1. The number of benzene rings is 1. The van der Waals surface area contributed by atoms with Gasteiger partial charge in [0.2, 0.25) is 0 Å². The minimum atomic E-state index is -0.917. The number of anilines is 1. The number of nitrogens with zero attached hydrogens (tertiary/aromatic N) is 1. The summed E-state index contributed by atoms with van der Waals surface area (Å²) in [6.45, 7) is 7.16. The van der Waals surface area contributed by atoms with Gasteiger partial charge < -0.3 is 4.74 Å². The summed E-state index contributed by atoms with van der Waals surface area (Å²) >= 11 is 3.23. The lowest BCUT2D eigenvalue weighted by molar-refractivity contribution is 0.0563. The van der Waals surface area contributed by atoms with E-state index in [1.54, 1.807) is 20.8 Å². The van der Waals surface area contributed by atoms with Crippen LogP contribution in [0.1, 0.15) is 39.7 Å². The van der Waals surface area contributed by atoms with Crippen LogP contribution in [0.4, 0.5) is 19.3 Å². The second-order valence-electron chi connectivity index (χ2n) is 6.22. The van der Waals surface area contributed by atoms with Gasteiger partial charge in [-0.15, -0.1) is 0 Å². The van der Waals surface area contributed by atoms with E-state index in [9.17, 15) is 13.6 Å². The average molecular weight is 362 g/mol. The molecule has 0 radical (unpaired) electrons. The lowest BCUT2D eigenvalue weighted by Crippen LogP contribution is -2.45. The number of rotatable bonds is 0. The Balaban J connectivity index is 2.50. The van der Waals surface area contributed by atoms with Crippen molar-refractivity contribution >= 4 is 27.7 Å². The van der Waals surface area contributed by atoms with Crippen molar-refractivity contribution in [2.45, 2.75) is 52.2 Å². The second kappa shape index (κ2) is 5.55. The fourth-order valence-corrected chi connectivity index (χ4v) is 3.04. The third-order valence-electron chi connectivity index (χ3n) is 3.32. The highest BCUT2D eigenvalue weighted by Crippen LogP contribution is 2.40. The van der Waals surface area contributed by atoms with Crippen LogP contribution in [-0.2, 0) is 11.2 Å². The van der Waals surface area contributed by atoms with Gasteiger partial charge >= 0.3 is 6.09 Å². The monoisotopic (exact) mass is 361 g/mol. The van der Waals surface area contributed by atoms with Crippen LogP contribution in [0.25, 0.3) is 0 Å². The lowest BCUT2D eigenvalue weighted by atomic mass is 9.96. The zero-order chi connectivity index (χ0) is 15.9. The van der Waals surface area contributed by atoms with E-state index in [1.807, 2.05) is 6.92 Å². The molecule has 116 valence electrons. The lowest BCUT2D eigenvalue weighted by Gasteiger charge is -2.37. The van der Waals surface area contributed by atoms with Gasteiger partial charge in [-0.2, -0.15) is 0 Å². The van der Waals surface area contributed by atoms with Crippen LogP contribution >= 0.6 is 15.9 Å². The fraction of sp³-hybridized carbons (Fsp3) is 0.533. The molecule has 0 spiro atoms. The first-order valence-corrected chi connectivity index (χ1v) is 7.59. The molecular formula is C15H18BrF2NO2. The van der Waals surface area contributed by atoms with Crippen LogP contribution in [0.2, 0.25) is 0 Å². The topological polar surface area (TPSA) is 29.5 Å². The van der Waals surface area contributed by atoms with Crippen LogP contribution in [0.5, 0.6) is 0 Å². The normalized spacial score (nSPS) is 18.4. The van der Waals surface area contributed by atoms with Crippen LogP contribution < -0.4 is 4.90 Å². The number of carbonyl (C=O) groups excluding carboxylic acids is 1. The summed E-state index contributed by atoms with van der Waals surface area (Å²) in [5.41, 5.74) is -0.0767. The van der Waals surface area contributed by atoms with E-state index in [2.05, 4.69) is 15.9 Å². The van der Waals surface area contributed by atoms with Gasteiger partial charge in [-0.3, -0.25) is 4.90 Å². The van der Waals surface area contributed by atoms with E-state index in [0.29, 0.717) is 23.0 Å². The highest BCUT2D eigenvalue weighted by Gasteiger charge is 2.35. The standard InChI is InChI=1S/C15H18BrF2NO2/c1-8-5-6-9-12(18)11(17)7-10(16)13(9)19(8)14(20)21-15(2,3)4/h7-8H,5-6H2,1-4H3. The summed E-state index contributed by atoms with van der Waals surface area (Å²) in [6.07, 6.45) is 0.388. The first kappa shape index (κ1) is 16.2. The van der Waals surface area contributed by atoms with Crippen molar-refractivity contribution in [3.8, 4) is 0 Å². The third kappa shape index (κ3) is 3.20. The number of hydrogen-bond donors (Lipinski definition) is 0. The molecule has 0 fully saturated rings. The van der Waals surface area contributed by atoms with E-state index in [0.717, 1.165) is 6.07 Å². The third-order valence-corrected chi connectivity index (χ3v) is 3.93. The van der Waals surface area contributed by atoms with Gasteiger partial charge in [0.05, 0.1) is 5.69 Å². The summed E-state index contributed by atoms with van der Waals surface area (Å²) in [4.78, 5) is 13.8. The predicted octanol–water partition coefficient (Wildman–Crippen LogP) is 4.80. The summed E-state index contributed by atoms with van der Waals surface area (Å²) < 4.78 is 33.2. The van der Waals surface area contributed by atoms with Crippen molar-refractivity contribution in [2.24, 2.45) is 0 Å². The predicted molar refractivity (Wildman–Crippen MR) is 80.6 cm³/mol. The van der Waals surface area contributed by atoms with E-state index in [1.165, 1.54) is 4.90 Å². The van der Waals surface area contributed by atoms with Crippen LogP contribution in [-0.4, -0.2) is 17.7 Å². The number of hydrogen-bond acceptors (Lipinski definition) is 2. The van der Waals surface area contributed by atoms with Crippen molar-refractivity contribution in [3.05, 3.63) is 27.7 Å². The van der Waals surface area contributed by atoms with Gasteiger partial charge in [-0.05, 0) is 62.5 Å². The molecule has 0 aromatic heterocycles. The average Bonchev–Trinajstić information content (AvgIpc) is 2.33. The molecule has 1 atom stereocenters. The van der Waals surface area contributed by atoms with Crippen molar-refractivity contribution in [2.75, 3.05) is 4.90 Å². The molecule has 0 saturated heterocycles. The smallest absolute Gasteiger partial charge is 0.415 e. The van der Waals surface area contributed by atoms with Crippen molar-refractivity contribution in [1.82, 2.24) is 0 Å². The molecule has 1 unspecified atom stereocenters. The maximum absolute atomic E-state index is 14.0. The van der Waals surface area contributed by atoms with E-state index < -0.39 is 23.3 Å². The van der Waals surface area contributed by atoms with E-state index in [-0.39, 0.29) is 11.6 Å². The second-order valence-corrected chi connectivity index (χ2v) is 7.07. The molecule has 1 heterocycles. The number of halogens is 3. The van der Waals surface area contributed by atoms with Crippen LogP contribution in [0, 0.1) is 11.6 Å². The SMILES string of the molecule is CC1CCc2c(F)c(F)cc(Br)c2N1C(=O)OC(C)(C)C. The van der Waals surface area contributed by atoms with Gasteiger partial charge in [0.25, 0.3) is 0 Å². The molecule has 0 N–H and O–H groups in total. The number of carbonyl (C=O) groups is 1. The quantitative estimate of drug-likeness (QED) is 0.621. The van der Waals surface area contributed by atoms with Crippen LogP contribution in [0.3, 0.4) is 0 Å². The van der Waals surface area contributed by atoms with Gasteiger partial charge in [-0.25, -0.2) is 13.6 Å². The largest absolute Gasteiger partial charge is 0.443 e. The Hall–Kier alpha value is -1.17. The Labute approximate surface area is 131 Å². The summed E-state index contributed by atoms with van der Waals surface area (Å²) in [5.74, 6) is -1.81. The fourth-order valence-electron chi connectivity index (χ4n) is 2.41. The molecule has 0 saturated carbocycles. The van der Waals surface area contributed by atoms with E-state index >= 15 is 0 Å². The summed E-state index contributed by atoms with van der Waals surface area (Å²) in [6, 6.07) is 0.900. The molecule has 2 rings (SSSR count). The molecule has 1 aliphatic rings. The molecule has 1 aromatic carbocycles. The van der Waals surface area contributed by atoms with Gasteiger partial charge in [0.1, 0.15) is 5.60 Å². The Morgan fingerprint density at radius 1 is 1.43 bits per heavy atom. The van der Waals surface area contributed by atoms with E-state index in [4.69, 9.17) is 4.74 Å². The molecular weight excluding hydrogens is 344 g/mol. The van der Waals surface area contributed by atoms with Crippen LogP contribution in [0.15, 0.2) is 10.5 Å². The van der Waals surface area contributed by atoms with Crippen molar-refractivity contribution < 1.29 is 18.3 Å². The molecule has 3 nitrogen and oxygen atoms in total. The van der Waals surface area contributed by atoms with Crippen molar-refractivity contribution in [3.63, 3.8) is 0 Å². The highest BCUT2D eigenvalue weighted by atomic mass is 79.9. The molecule has 1 aromatic rings. The van der Waals surface area contributed by atoms with Gasteiger partial charge in [0, 0.05) is 16.1 Å². The number of ether oxygens (including phenoxy) is 1. The molecule has 21 heavy (non-hydrogen) atoms. The van der Waals surface area contributed by atoms with Crippen molar-refractivity contribution in [1.29, 1.82) is 0 Å².